The lowest BCUT2D eigenvalue weighted by molar-refractivity contribution is -0.145. The molecule has 14 nitrogen and oxygen atoms in total. The topological polar surface area (TPSA) is 131 Å². The van der Waals surface area contributed by atoms with Gasteiger partial charge in [0.15, 0.2) is 10.3 Å². The van der Waals surface area contributed by atoms with Gasteiger partial charge in [0.25, 0.3) is 5.91 Å². The number of likely N-dealkylation sites (N-methyl/N-ethyl adjacent to an activating group) is 2. The first kappa shape index (κ1) is 68.3. The number of thioether (sulfide) groups is 2. The number of carbonyl (C=O) groups is 3. The summed E-state index contributed by atoms with van der Waals surface area (Å²) in [5.74, 6) is -0.806. The summed E-state index contributed by atoms with van der Waals surface area (Å²) in [4.78, 5) is 67.8. The van der Waals surface area contributed by atoms with Crippen LogP contribution in [-0.4, -0.2) is 164 Å². The molecule has 8 aliphatic heterocycles. The Hall–Kier alpha value is -4.59. The van der Waals surface area contributed by atoms with Gasteiger partial charge >= 0.3 is 5.97 Å². The van der Waals surface area contributed by atoms with E-state index >= 15 is 0 Å². The largest absolute Gasteiger partial charge is 0.477 e. The van der Waals surface area contributed by atoms with Crippen LogP contribution >= 0.6 is 69.9 Å². The molecule has 0 aromatic heterocycles. The average Bonchev–Trinajstić information content (AvgIpc) is 1.57. The highest BCUT2D eigenvalue weighted by atomic mass is 35.5. The molecule has 8 heterocycles. The number of halogens is 4. The lowest BCUT2D eigenvalue weighted by Crippen LogP contribution is -2.57. The van der Waals surface area contributed by atoms with Crippen LogP contribution in [0.2, 0.25) is 20.1 Å². The molecular formula is C70H90Cl4N10O4S2. The molecule has 4 fully saturated rings. The summed E-state index contributed by atoms with van der Waals surface area (Å²) < 4.78 is 0. The van der Waals surface area contributed by atoms with Crippen LogP contribution in [0, 0.1) is 11.8 Å². The van der Waals surface area contributed by atoms with E-state index in [-0.39, 0.29) is 41.8 Å². The molecule has 12 rings (SSSR count). The fourth-order valence-electron chi connectivity index (χ4n) is 14.5. The molecule has 2 amide bonds. The number of hydrogen-bond acceptors (Lipinski definition) is 13. The first-order chi connectivity index (χ1) is 42.8. The zero-order valence-electron chi connectivity index (χ0n) is 54.2. The zero-order chi connectivity index (χ0) is 64.7. The summed E-state index contributed by atoms with van der Waals surface area (Å²) in [6.45, 7) is 28.6. The maximum Gasteiger partial charge on any atom is 0.344 e. The van der Waals surface area contributed by atoms with Crippen LogP contribution in [0.5, 0.6) is 0 Å². The molecular weight excluding hydrogens is 1250 g/mol. The first-order valence-corrected chi connectivity index (χ1v) is 35.4. The Labute approximate surface area is 562 Å². The van der Waals surface area contributed by atoms with Crippen LogP contribution in [0.25, 0.3) is 0 Å². The zero-order valence-corrected chi connectivity index (χ0v) is 58.9. The van der Waals surface area contributed by atoms with E-state index in [4.69, 9.17) is 56.4 Å². The van der Waals surface area contributed by atoms with Crippen molar-refractivity contribution in [3.63, 3.8) is 0 Å². The maximum absolute atomic E-state index is 14.8. The van der Waals surface area contributed by atoms with Crippen molar-refractivity contribution in [2.24, 2.45) is 21.8 Å². The lowest BCUT2D eigenvalue weighted by Gasteiger charge is -2.40. The Morgan fingerprint density at radius 2 is 1.04 bits per heavy atom. The number of amides is 2. The minimum atomic E-state index is -0.918. The molecule has 4 saturated heterocycles. The molecule has 0 unspecified atom stereocenters. The van der Waals surface area contributed by atoms with E-state index in [2.05, 4.69) is 111 Å². The summed E-state index contributed by atoms with van der Waals surface area (Å²) in [5, 5.41) is 17.7. The van der Waals surface area contributed by atoms with E-state index in [1.54, 1.807) is 0 Å². The van der Waals surface area contributed by atoms with Crippen molar-refractivity contribution >= 4 is 98.0 Å². The van der Waals surface area contributed by atoms with Crippen molar-refractivity contribution in [3.8, 4) is 0 Å². The minimum absolute atomic E-state index is 0.0293. The number of carbonyl (C=O) groups excluding carboxylic acids is 2. The van der Waals surface area contributed by atoms with Gasteiger partial charge in [-0.2, -0.15) is 0 Å². The van der Waals surface area contributed by atoms with Gasteiger partial charge in [0.05, 0.1) is 12.1 Å². The van der Waals surface area contributed by atoms with Gasteiger partial charge in [0, 0.05) is 108 Å². The van der Waals surface area contributed by atoms with E-state index in [0.717, 1.165) is 76.3 Å². The third-order valence-electron chi connectivity index (χ3n) is 19.8. The monoisotopic (exact) mass is 1340 g/mol. The molecule has 20 heteroatoms. The maximum atomic E-state index is 14.8. The van der Waals surface area contributed by atoms with Gasteiger partial charge in [-0.3, -0.25) is 14.5 Å². The van der Waals surface area contributed by atoms with Crippen LogP contribution in [-0.2, 0) is 25.5 Å². The third-order valence-corrected chi connectivity index (χ3v) is 23.0. The number of hydrogen-bond donors (Lipinski definition) is 2. The van der Waals surface area contributed by atoms with E-state index in [1.165, 1.54) is 69.0 Å². The summed E-state index contributed by atoms with van der Waals surface area (Å²) in [7, 11) is 4.34. The standard InChI is InChI=1S/C35H43Cl2N5O2S.C22H20Cl2N2O2S.C13H27N3/c1-7-27-16-17-28(32(43)40-19-18-39(6)22(4)20-40)41(27)33(44)30-29(21(2)3)42-31(23-8-12-25(36)13-9-23)35(5,38-34(42)45-30)24-10-14-26(37)15-11-24;1-12(2)17-18(20(27)28)29-21-25-22(3,14-6-10-16(24)11-7-14)19(26(17)21)13-4-8-15(23)9-5-13;1-4-12-5-6-13(14-12)10-16-8-7-15(3)11(2)9-16/h8-15,21-22,27-28,31H,7,16-20H2,1-6H3;4-12,19H,1-3H3,(H,27,28);11-14H,4-10H2,1-3H3/t22-,27+,28+,31-,35+;19-,22+;11-,12+,13+/m111/s1. The number of piperazine rings is 2. The van der Waals surface area contributed by atoms with E-state index < -0.39 is 23.1 Å². The van der Waals surface area contributed by atoms with Crippen LogP contribution in [0.4, 0.5) is 0 Å². The van der Waals surface area contributed by atoms with Gasteiger partial charge in [-0.05, 0) is 186 Å². The second-order valence-electron chi connectivity index (χ2n) is 26.6. The average molecular weight is 1340 g/mol. The number of likely N-dealkylation sites (tertiary alicyclic amines) is 1. The van der Waals surface area contributed by atoms with Crippen molar-refractivity contribution in [1.29, 1.82) is 0 Å². The number of benzene rings is 4. The number of aliphatic imine (C=N–C) groups is 2. The molecule has 4 aromatic carbocycles. The molecule has 0 spiro atoms. The Balaban J connectivity index is 0.000000168. The van der Waals surface area contributed by atoms with Crippen molar-refractivity contribution in [1.82, 2.24) is 39.6 Å². The van der Waals surface area contributed by atoms with Crippen molar-refractivity contribution in [2.75, 3.05) is 59.9 Å². The molecule has 8 aliphatic rings. The molecule has 0 radical (unpaired) electrons. The first-order valence-electron chi connectivity index (χ1n) is 32.2. The summed E-state index contributed by atoms with van der Waals surface area (Å²) in [6.07, 6.45) is 6.39. The molecule has 10 atom stereocenters. The van der Waals surface area contributed by atoms with E-state index in [0.29, 0.717) is 60.6 Å². The Morgan fingerprint density at radius 3 is 1.48 bits per heavy atom. The van der Waals surface area contributed by atoms with Gasteiger partial charge in [-0.25, -0.2) is 14.8 Å². The fourth-order valence-corrected chi connectivity index (χ4v) is 17.6. The fraction of sp³-hybridized carbons (Fsp3) is 0.529. The van der Waals surface area contributed by atoms with Crippen LogP contribution in [0.15, 0.2) is 128 Å². The van der Waals surface area contributed by atoms with Gasteiger partial charge in [0.2, 0.25) is 5.91 Å². The summed E-state index contributed by atoms with van der Waals surface area (Å²) in [6, 6.07) is 33.0. The number of fused-ring (bicyclic) bond motifs is 2. The molecule has 90 heavy (non-hydrogen) atoms. The number of nitrogens with zero attached hydrogens (tertiary/aromatic N) is 9. The highest BCUT2D eigenvalue weighted by molar-refractivity contribution is 8.18. The highest BCUT2D eigenvalue weighted by Crippen LogP contribution is 2.58. The van der Waals surface area contributed by atoms with Gasteiger partial charge < -0.3 is 39.8 Å². The lowest BCUT2D eigenvalue weighted by atomic mass is 9.81. The number of carboxylic acid groups (broad SMARTS) is 1. The van der Waals surface area contributed by atoms with E-state index in [9.17, 15) is 19.5 Å². The second kappa shape index (κ2) is 28.6. The number of nitrogens with one attached hydrogen (secondary N) is 1. The van der Waals surface area contributed by atoms with Crippen LogP contribution in [0.3, 0.4) is 0 Å². The summed E-state index contributed by atoms with van der Waals surface area (Å²) >= 11 is 27.6. The highest BCUT2D eigenvalue weighted by Gasteiger charge is 2.56. The molecule has 2 N–H and O–H groups in total. The van der Waals surface area contributed by atoms with Crippen LogP contribution < -0.4 is 5.32 Å². The Bertz CT molecular complexity index is 3390. The number of aliphatic carboxylic acids is 1. The van der Waals surface area contributed by atoms with Crippen molar-refractivity contribution in [3.05, 3.63) is 161 Å². The number of amidine groups is 2. The molecule has 0 saturated carbocycles. The number of carboxylic acids is 1. The van der Waals surface area contributed by atoms with Crippen molar-refractivity contribution in [2.45, 2.75) is 167 Å². The third kappa shape index (κ3) is 14.0. The number of rotatable bonds is 13. The Kier molecular flexibility index (Phi) is 21.7. The van der Waals surface area contributed by atoms with Crippen LogP contribution in [0.1, 0.15) is 142 Å². The van der Waals surface area contributed by atoms with Gasteiger partial charge in [-0.1, -0.05) is 136 Å². The smallest absolute Gasteiger partial charge is 0.344 e. The Morgan fingerprint density at radius 1 is 0.600 bits per heavy atom. The predicted octanol–water partition coefficient (Wildman–Crippen LogP) is 14.6. The minimum Gasteiger partial charge on any atom is -0.477 e. The SMILES string of the molecule is CC(C)C1=C(C(=O)O)SC2=N[C@@](C)(c3ccc(Cl)cc3)[C@@H](c3ccc(Cl)cc3)N21.CC[C@H]1CC[C@@H](C(=O)N2CCN(C)[C@H](C)C2)N1C(=O)C1=C(C(C)C)N2C(=N[C@@](C)(c3ccc(Cl)cc3)[C@H]2c2ccc(Cl)cc2)S1.CC[C@H]1CC[C@@H](CN2CCN(C)[C@H](C)C2)N1. The molecule has 4 aromatic rings. The predicted molar refractivity (Wildman–Crippen MR) is 372 cm³/mol. The summed E-state index contributed by atoms with van der Waals surface area (Å²) in [5.41, 5.74) is 4.66. The van der Waals surface area contributed by atoms with E-state index in [1.807, 2.05) is 109 Å². The van der Waals surface area contributed by atoms with Gasteiger partial charge in [0.1, 0.15) is 26.9 Å². The number of allylic oxidation sites excluding steroid dienone is 2. The second-order valence-corrected chi connectivity index (χ2v) is 30.3. The van der Waals surface area contributed by atoms with Gasteiger partial charge in [-0.15, -0.1) is 0 Å². The molecule has 0 bridgehead atoms. The van der Waals surface area contributed by atoms with Crippen molar-refractivity contribution < 1.29 is 19.5 Å². The molecule has 484 valence electrons. The molecule has 0 aliphatic carbocycles. The normalized spacial score (nSPS) is 28.7. The quantitative estimate of drug-likeness (QED) is 0.132.